The lowest BCUT2D eigenvalue weighted by Crippen LogP contribution is -2.34. The number of esters is 1. The molecular weight excluding hydrogens is 587 g/mol. The van der Waals surface area contributed by atoms with Crippen LogP contribution in [0.15, 0.2) is 48.7 Å². The van der Waals surface area contributed by atoms with Crippen molar-refractivity contribution in [2.24, 2.45) is 0 Å². The molecule has 2 aromatic heterocycles. The number of likely N-dealkylation sites (tertiary alicyclic amines) is 1. The summed E-state index contributed by atoms with van der Waals surface area (Å²) in [7, 11) is 0. The van der Waals surface area contributed by atoms with Crippen molar-refractivity contribution >= 4 is 17.0 Å². The van der Waals surface area contributed by atoms with E-state index in [1.165, 1.54) is 6.07 Å². The summed E-state index contributed by atoms with van der Waals surface area (Å²) in [5, 5.41) is 8.96. The van der Waals surface area contributed by atoms with Crippen molar-refractivity contribution in [2.75, 3.05) is 19.7 Å². The maximum Gasteiger partial charge on any atom is 0.338 e. The maximum absolute atomic E-state index is 14.3. The lowest BCUT2D eigenvalue weighted by Gasteiger charge is -2.31. The number of halogens is 1. The number of piperidine rings is 1. The van der Waals surface area contributed by atoms with Gasteiger partial charge >= 0.3 is 5.97 Å². The third-order valence-electron chi connectivity index (χ3n) is 8.40. The van der Waals surface area contributed by atoms with Crippen LogP contribution in [0.4, 0.5) is 4.39 Å². The highest BCUT2D eigenvalue weighted by molar-refractivity contribution is 5.94. The van der Waals surface area contributed by atoms with Crippen LogP contribution in [-0.2, 0) is 29.2 Å². The second-order valence-corrected chi connectivity index (χ2v) is 13.0. The molecule has 0 amide bonds. The molecule has 11 heteroatoms. The number of nitriles is 1. The zero-order chi connectivity index (χ0) is 32.3. The number of imidazole rings is 1. The van der Waals surface area contributed by atoms with E-state index in [0.29, 0.717) is 30.1 Å². The van der Waals surface area contributed by atoms with Crippen LogP contribution < -0.4 is 4.74 Å². The Hall–Kier alpha value is -4.40. The van der Waals surface area contributed by atoms with Gasteiger partial charge in [-0.2, -0.15) is 10.2 Å². The van der Waals surface area contributed by atoms with E-state index in [0.717, 1.165) is 68.1 Å². The molecular formula is C35H39FN6O4. The molecule has 2 saturated heterocycles. The SMILES string of the molecule is CC(C)(C)OC(=O)c1ccc2nc(CN3CCC(c4nccc(OCc5ccc(C#N)cc5F)n4)CC3)n(C[C@@H]3CCCO3)c2c1. The van der Waals surface area contributed by atoms with Crippen LogP contribution in [0.1, 0.15) is 85.5 Å². The first-order valence-corrected chi connectivity index (χ1v) is 15.9. The van der Waals surface area contributed by atoms with Crippen LogP contribution in [-0.4, -0.2) is 61.8 Å². The van der Waals surface area contributed by atoms with Gasteiger partial charge in [-0.15, -0.1) is 0 Å². The summed E-state index contributed by atoms with van der Waals surface area (Å²) in [6, 6.07) is 13.5. The second-order valence-electron chi connectivity index (χ2n) is 13.0. The number of carbonyl (C=O) groups is 1. The molecule has 0 saturated carbocycles. The molecule has 6 rings (SSSR count). The number of nitrogens with zero attached hydrogens (tertiary/aromatic N) is 6. The molecule has 4 heterocycles. The number of ether oxygens (including phenoxy) is 3. The van der Waals surface area contributed by atoms with Gasteiger partial charge in [0.2, 0.25) is 5.88 Å². The minimum absolute atomic E-state index is 0.0125. The van der Waals surface area contributed by atoms with Crippen LogP contribution >= 0.6 is 0 Å². The number of rotatable bonds is 9. The normalized spacial score (nSPS) is 17.7. The molecule has 0 radical (unpaired) electrons. The fourth-order valence-electron chi connectivity index (χ4n) is 6.02. The number of hydrogen-bond acceptors (Lipinski definition) is 9. The van der Waals surface area contributed by atoms with Crippen LogP contribution in [0, 0.1) is 17.1 Å². The fraction of sp³-hybridized carbons (Fsp3) is 0.457. The molecule has 1 atom stereocenters. The molecule has 0 spiro atoms. The summed E-state index contributed by atoms with van der Waals surface area (Å²) < 4.78 is 33.9. The number of fused-ring (bicyclic) bond motifs is 1. The Balaban J connectivity index is 1.12. The van der Waals surface area contributed by atoms with Gasteiger partial charge in [0.15, 0.2) is 0 Å². The zero-order valence-electron chi connectivity index (χ0n) is 26.5. The first-order valence-electron chi connectivity index (χ1n) is 15.9. The molecule has 2 aromatic carbocycles. The molecule has 10 nitrogen and oxygen atoms in total. The summed E-state index contributed by atoms with van der Waals surface area (Å²) in [6.07, 6.45) is 5.60. The predicted octanol–water partition coefficient (Wildman–Crippen LogP) is 5.93. The van der Waals surface area contributed by atoms with Gasteiger partial charge in [-0.25, -0.2) is 19.2 Å². The van der Waals surface area contributed by atoms with Gasteiger partial charge < -0.3 is 18.8 Å². The van der Waals surface area contributed by atoms with E-state index < -0.39 is 11.4 Å². The van der Waals surface area contributed by atoms with Crippen molar-refractivity contribution in [3.8, 4) is 11.9 Å². The third-order valence-corrected chi connectivity index (χ3v) is 8.40. The summed E-state index contributed by atoms with van der Waals surface area (Å²) >= 11 is 0. The Kier molecular flexibility index (Phi) is 9.29. The quantitative estimate of drug-likeness (QED) is 0.209. The van der Waals surface area contributed by atoms with Crippen molar-refractivity contribution in [2.45, 2.75) is 83.8 Å². The molecule has 2 aliphatic heterocycles. The molecule has 0 aliphatic carbocycles. The third kappa shape index (κ3) is 7.52. The summed E-state index contributed by atoms with van der Waals surface area (Å²) in [4.78, 5) is 29.4. The number of hydrogen-bond donors (Lipinski definition) is 0. The lowest BCUT2D eigenvalue weighted by atomic mass is 9.96. The Morgan fingerprint density at radius 2 is 1.93 bits per heavy atom. The van der Waals surface area contributed by atoms with Gasteiger partial charge in [0.05, 0.1) is 47.4 Å². The fourth-order valence-corrected chi connectivity index (χ4v) is 6.02. The molecule has 0 unspecified atom stereocenters. The zero-order valence-corrected chi connectivity index (χ0v) is 26.5. The van der Waals surface area contributed by atoms with Gasteiger partial charge in [0.1, 0.15) is 29.7 Å². The topological polar surface area (TPSA) is 115 Å². The van der Waals surface area contributed by atoms with Gasteiger partial charge in [-0.3, -0.25) is 4.90 Å². The number of benzene rings is 2. The minimum Gasteiger partial charge on any atom is -0.473 e. The first-order chi connectivity index (χ1) is 22.1. The molecule has 0 bridgehead atoms. The first kappa shape index (κ1) is 31.6. The maximum atomic E-state index is 14.3. The van der Waals surface area contributed by atoms with Crippen LogP contribution in [0.3, 0.4) is 0 Å². The van der Waals surface area contributed by atoms with Gasteiger partial charge in [-0.05, 0) is 89.9 Å². The highest BCUT2D eigenvalue weighted by atomic mass is 19.1. The van der Waals surface area contributed by atoms with Gasteiger partial charge in [0.25, 0.3) is 0 Å². The van der Waals surface area contributed by atoms with E-state index in [4.69, 9.17) is 24.5 Å². The van der Waals surface area contributed by atoms with E-state index in [1.807, 2.05) is 39.0 Å². The van der Waals surface area contributed by atoms with Crippen molar-refractivity contribution in [1.82, 2.24) is 24.4 Å². The van der Waals surface area contributed by atoms with Crippen LogP contribution in [0.2, 0.25) is 0 Å². The number of carbonyl (C=O) groups excluding carboxylic acids is 1. The van der Waals surface area contributed by atoms with E-state index in [1.54, 1.807) is 30.5 Å². The molecule has 240 valence electrons. The summed E-state index contributed by atoms with van der Waals surface area (Å²) in [5.41, 5.74) is 2.32. The average Bonchev–Trinajstić information content (AvgIpc) is 3.68. The molecule has 2 fully saturated rings. The predicted molar refractivity (Wildman–Crippen MR) is 169 cm³/mol. The van der Waals surface area contributed by atoms with Gasteiger partial charge in [0, 0.05) is 30.4 Å². The van der Waals surface area contributed by atoms with E-state index in [2.05, 4.69) is 19.4 Å². The van der Waals surface area contributed by atoms with E-state index >= 15 is 0 Å². The molecule has 0 N–H and O–H groups in total. The highest BCUT2D eigenvalue weighted by Crippen LogP contribution is 2.29. The molecule has 46 heavy (non-hydrogen) atoms. The van der Waals surface area contributed by atoms with E-state index in [9.17, 15) is 9.18 Å². The Morgan fingerprint density at radius 1 is 1.11 bits per heavy atom. The van der Waals surface area contributed by atoms with Crippen molar-refractivity contribution in [1.29, 1.82) is 5.26 Å². The van der Waals surface area contributed by atoms with E-state index in [-0.39, 0.29) is 30.2 Å². The van der Waals surface area contributed by atoms with Gasteiger partial charge in [-0.1, -0.05) is 6.07 Å². The highest BCUT2D eigenvalue weighted by Gasteiger charge is 2.27. The largest absolute Gasteiger partial charge is 0.473 e. The number of aromatic nitrogens is 4. The minimum atomic E-state index is -0.577. The molecule has 4 aromatic rings. The Labute approximate surface area is 268 Å². The van der Waals surface area contributed by atoms with Crippen molar-refractivity contribution in [3.05, 3.63) is 82.8 Å². The molecule has 2 aliphatic rings. The standard InChI is InChI=1S/C35H39FN6O4/c1-35(2,3)46-34(43)25-8-9-29-30(18-25)42(20-27-5-4-16-44-27)31(39-29)21-41-14-11-24(12-15-41)33-38-13-10-32(40-33)45-22-26-7-6-23(19-37)17-28(26)36/h6-10,13,17-18,24,27H,4-5,11-12,14-16,20-22H2,1-3H3/t27-/m0/s1. The van der Waals surface area contributed by atoms with Crippen LogP contribution in [0.25, 0.3) is 11.0 Å². The van der Waals surface area contributed by atoms with Crippen molar-refractivity contribution < 1.29 is 23.4 Å². The monoisotopic (exact) mass is 626 g/mol. The second kappa shape index (κ2) is 13.5. The summed E-state index contributed by atoms with van der Waals surface area (Å²) in [5.74, 6) is 1.41. The average molecular weight is 627 g/mol. The lowest BCUT2D eigenvalue weighted by molar-refractivity contribution is 0.00696. The smallest absolute Gasteiger partial charge is 0.338 e. The summed E-state index contributed by atoms with van der Waals surface area (Å²) in [6.45, 7) is 9.44. The Morgan fingerprint density at radius 3 is 2.65 bits per heavy atom. The van der Waals surface area contributed by atoms with Crippen LogP contribution in [0.5, 0.6) is 5.88 Å². The Bertz CT molecular complexity index is 1750. The van der Waals surface area contributed by atoms with Crippen molar-refractivity contribution in [3.63, 3.8) is 0 Å².